The predicted octanol–water partition coefficient (Wildman–Crippen LogP) is 5.15. The van der Waals surface area contributed by atoms with Crippen molar-refractivity contribution >= 4 is 17.4 Å². The number of piperidine rings is 1. The van der Waals surface area contributed by atoms with Gasteiger partial charge in [-0.3, -0.25) is 10.2 Å². The van der Waals surface area contributed by atoms with Gasteiger partial charge in [0.05, 0.1) is 17.9 Å². The molecule has 2 atom stereocenters. The van der Waals surface area contributed by atoms with Gasteiger partial charge in [-0.05, 0) is 94.2 Å². The van der Waals surface area contributed by atoms with Crippen LogP contribution in [-0.2, 0) is 9.53 Å². The van der Waals surface area contributed by atoms with E-state index in [4.69, 9.17) is 10.1 Å². The summed E-state index contributed by atoms with van der Waals surface area (Å²) < 4.78 is 5.96. The molecule has 5 nitrogen and oxygen atoms in total. The third kappa shape index (κ3) is 4.75. The van der Waals surface area contributed by atoms with Crippen LogP contribution in [0.1, 0.15) is 73.6 Å². The van der Waals surface area contributed by atoms with Crippen molar-refractivity contribution in [3.63, 3.8) is 0 Å². The maximum absolute atomic E-state index is 12.6. The van der Waals surface area contributed by atoms with Gasteiger partial charge in [-0.15, -0.1) is 0 Å². The zero-order chi connectivity index (χ0) is 23.3. The van der Waals surface area contributed by atoms with Crippen LogP contribution in [0, 0.1) is 49.9 Å². The highest BCUT2D eigenvalue weighted by Gasteiger charge is 2.41. The van der Waals surface area contributed by atoms with Crippen LogP contribution >= 0.6 is 0 Å². The van der Waals surface area contributed by atoms with Crippen molar-refractivity contribution in [1.82, 2.24) is 4.90 Å². The fourth-order valence-corrected chi connectivity index (χ4v) is 6.04. The second-order valence-corrected chi connectivity index (χ2v) is 11.0. The first-order valence-electron chi connectivity index (χ1n) is 12.9. The highest BCUT2D eigenvalue weighted by atomic mass is 16.5. The topological polar surface area (TPSA) is 73.6 Å². The molecule has 33 heavy (non-hydrogen) atoms. The van der Waals surface area contributed by atoms with E-state index in [9.17, 15) is 9.90 Å². The minimum atomic E-state index is -0.602. The normalized spacial score (nSPS) is 26.1. The summed E-state index contributed by atoms with van der Waals surface area (Å²) in [5, 5.41) is 19.9. The largest absolute Gasteiger partial charge is 0.430 e. The Bertz CT molecular complexity index is 958. The molecule has 4 aliphatic rings. The number of hydrogen-bond acceptors (Lipinski definition) is 4. The number of aryl methyl sites for hydroxylation is 3. The summed E-state index contributed by atoms with van der Waals surface area (Å²) in [7, 11) is 0. The Labute approximate surface area is 197 Å². The van der Waals surface area contributed by atoms with Crippen LogP contribution in [0.15, 0.2) is 17.9 Å². The molecular formula is C28H38N2O3. The van der Waals surface area contributed by atoms with Gasteiger partial charge in [0.15, 0.2) is 0 Å². The first kappa shape index (κ1) is 22.6. The summed E-state index contributed by atoms with van der Waals surface area (Å²) in [5.41, 5.74) is 5.38. The van der Waals surface area contributed by atoms with E-state index in [2.05, 4.69) is 37.8 Å². The molecule has 178 valence electrons. The maximum atomic E-state index is 12.6. The number of likely N-dealkylation sites (tertiary alicyclic amines) is 1. The molecule has 2 N–H and O–H groups in total. The number of hydrogen-bond donors (Lipinski definition) is 2. The zero-order valence-electron chi connectivity index (χ0n) is 20.3. The predicted molar refractivity (Wildman–Crippen MR) is 130 cm³/mol. The molecule has 1 aromatic carbocycles. The molecule has 0 amide bonds. The molecule has 1 heterocycles. The van der Waals surface area contributed by atoms with Crippen molar-refractivity contribution in [2.45, 2.75) is 78.2 Å². The molecule has 0 bridgehead atoms. The molecule has 0 aromatic heterocycles. The smallest absolute Gasteiger partial charge is 0.314 e. The lowest BCUT2D eigenvalue weighted by Gasteiger charge is -2.35. The van der Waals surface area contributed by atoms with Gasteiger partial charge in [0.1, 0.15) is 5.76 Å². The number of amidine groups is 1. The zero-order valence-corrected chi connectivity index (χ0v) is 20.3. The summed E-state index contributed by atoms with van der Waals surface area (Å²) in [6.45, 7) is 8.20. The van der Waals surface area contributed by atoms with E-state index in [-0.39, 0.29) is 17.8 Å². The van der Waals surface area contributed by atoms with Crippen LogP contribution in [-0.4, -0.2) is 41.0 Å². The highest BCUT2D eigenvalue weighted by molar-refractivity contribution is 5.84. The van der Waals surface area contributed by atoms with Crippen molar-refractivity contribution < 1.29 is 14.6 Å². The maximum Gasteiger partial charge on any atom is 0.314 e. The molecule has 3 fully saturated rings. The lowest BCUT2D eigenvalue weighted by Crippen LogP contribution is -2.39. The molecular weight excluding hydrogens is 412 g/mol. The average Bonchev–Trinajstić information content (AvgIpc) is 3.68. The number of benzene rings is 1. The molecule has 2 saturated carbocycles. The Kier molecular flexibility index (Phi) is 6.11. The molecule has 1 saturated heterocycles. The Morgan fingerprint density at radius 1 is 1.03 bits per heavy atom. The first-order valence-corrected chi connectivity index (χ1v) is 12.9. The van der Waals surface area contributed by atoms with Gasteiger partial charge in [0, 0.05) is 31.0 Å². The average molecular weight is 451 g/mol. The third-order valence-electron chi connectivity index (χ3n) is 8.13. The Morgan fingerprint density at radius 2 is 1.64 bits per heavy atom. The van der Waals surface area contributed by atoms with Crippen LogP contribution in [0.4, 0.5) is 0 Å². The van der Waals surface area contributed by atoms with Gasteiger partial charge in [0.2, 0.25) is 0 Å². The fraction of sp³-hybridized carbons (Fsp3) is 0.643. The van der Waals surface area contributed by atoms with Crippen molar-refractivity contribution in [3.8, 4) is 0 Å². The number of aliphatic hydroxyl groups excluding tert-OH is 1. The van der Waals surface area contributed by atoms with E-state index < -0.39 is 6.10 Å². The Hall–Kier alpha value is -2.14. The minimum absolute atomic E-state index is 0.0428. The van der Waals surface area contributed by atoms with Crippen LogP contribution in [0.3, 0.4) is 0 Å². The number of allylic oxidation sites excluding steroid dienone is 1. The van der Waals surface area contributed by atoms with Crippen molar-refractivity contribution in [2.24, 2.45) is 23.7 Å². The van der Waals surface area contributed by atoms with Crippen LogP contribution in [0.2, 0.25) is 0 Å². The van der Waals surface area contributed by atoms with Gasteiger partial charge in [0.25, 0.3) is 0 Å². The second kappa shape index (κ2) is 8.90. The Balaban J connectivity index is 1.32. The van der Waals surface area contributed by atoms with Gasteiger partial charge in [-0.25, -0.2) is 0 Å². The van der Waals surface area contributed by atoms with E-state index in [1.807, 2.05) is 0 Å². The van der Waals surface area contributed by atoms with Crippen molar-refractivity contribution in [1.29, 1.82) is 5.41 Å². The van der Waals surface area contributed by atoms with Gasteiger partial charge in [-0.2, -0.15) is 0 Å². The molecule has 5 heteroatoms. The molecule has 5 rings (SSSR count). The van der Waals surface area contributed by atoms with Crippen LogP contribution in [0.5, 0.6) is 0 Å². The van der Waals surface area contributed by atoms with E-state index in [1.54, 1.807) is 0 Å². The standard InChI is InChI=1S/C28H38N2O3/c1-16-12-17(2)24(18(3)13-16)25-23(33-28(32)21-6-7-21)15-22(26(25)31)14-19-8-10-30(11-9-19)27(29)20-4-5-20/h12-13,19-22,26,29,31H,4-11,14-15H2,1-3H3. The summed E-state index contributed by atoms with van der Waals surface area (Å²) in [6.07, 6.45) is 7.35. The van der Waals surface area contributed by atoms with Crippen LogP contribution in [0.25, 0.3) is 5.57 Å². The molecule has 0 spiro atoms. The number of carbonyl (C=O) groups is 1. The SMILES string of the molecule is Cc1cc(C)c(C2=C(OC(=O)C3CC3)CC(CC3CCN(C(=N)C4CC4)CC3)C2O)c(C)c1. The second-order valence-electron chi connectivity index (χ2n) is 11.0. The van der Waals surface area contributed by atoms with Crippen molar-refractivity contribution in [2.75, 3.05) is 13.1 Å². The van der Waals surface area contributed by atoms with Gasteiger partial charge >= 0.3 is 5.97 Å². The molecule has 1 aliphatic heterocycles. The third-order valence-corrected chi connectivity index (χ3v) is 8.13. The molecule has 2 unspecified atom stereocenters. The van der Waals surface area contributed by atoms with E-state index in [0.717, 1.165) is 73.3 Å². The highest BCUT2D eigenvalue weighted by Crippen LogP contribution is 2.46. The first-order chi connectivity index (χ1) is 15.8. The molecule has 1 aromatic rings. The van der Waals surface area contributed by atoms with E-state index in [0.29, 0.717) is 24.0 Å². The number of ether oxygens (including phenoxy) is 1. The van der Waals surface area contributed by atoms with Gasteiger partial charge < -0.3 is 14.7 Å². The molecule has 0 radical (unpaired) electrons. The summed E-state index contributed by atoms with van der Waals surface area (Å²) >= 11 is 0. The van der Waals surface area contributed by atoms with Crippen LogP contribution < -0.4 is 0 Å². The van der Waals surface area contributed by atoms with E-state index >= 15 is 0 Å². The van der Waals surface area contributed by atoms with E-state index in [1.165, 1.54) is 18.4 Å². The Morgan fingerprint density at radius 3 is 2.21 bits per heavy atom. The summed E-state index contributed by atoms with van der Waals surface area (Å²) in [6, 6.07) is 4.31. The molecule has 3 aliphatic carbocycles. The van der Waals surface area contributed by atoms with Crippen molar-refractivity contribution in [3.05, 3.63) is 40.1 Å². The number of esters is 1. The monoisotopic (exact) mass is 450 g/mol. The summed E-state index contributed by atoms with van der Waals surface area (Å²) in [5.74, 6) is 2.61. The lowest BCUT2D eigenvalue weighted by atomic mass is 9.83. The number of aliphatic hydroxyl groups is 1. The minimum Gasteiger partial charge on any atom is -0.430 e. The number of nitrogens with one attached hydrogen (secondary N) is 1. The number of nitrogens with zero attached hydrogens (tertiary/aromatic N) is 1. The quantitative estimate of drug-likeness (QED) is 0.357. The summed E-state index contributed by atoms with van der Waals surface area (Å²) in [4.78, 5) is 14.8. The van der Waals surface area contributed by atoms with Gasteiger partial charge in [-0.1, -0.05) is 17.7 Å². The number of carbonyl (C=O) groups excluding carboxylic acids is 1. The number of rotatable bonds is 6. The lowest BCUT2D eigenvalue weighted by molar-refractivity contribution is -0.141. The fourth-order valence-electron chi connectivity index (χ4n) is 6.04.